The van der Waals surface area contributed by atoms with E-state index >= 15 is 0 Å². The van der Waals surface area contributed by atoms with Gasteiger partial charge in [-0.25, -0.2) is 4.79 Å². The molecule has 1 rings (SSSR count). The van der Waals surface area contributed by atoms with Crippen molar-refractivity contribution in [3.8, 4) is 0 Å². The summed E-state index contributed by atoms with van der Waals surface area (Å²) in [6.45, 7) is 1.28. The number of anilines is 1. The predicted molar refractivity (Wildman–Crippen MR) is 72.9 cm³/mol. The smallest absolute Gasteiger partial charge is 0.418 e. The molecule has 0 radical (unpaired) electrons. The molecule has 6 nitrogen and oxygen atoms in total. The van der Waals surface area contributed by atoms with E-state index < -0.39 is 40.8 Å². The van der Waals surface area contributed by atoms with Gasteiger partial charge in [-0.1, -0.05) is 15.9 Å². The summed E-state index contributed by atoms with van der Waals surface area (Å²) in [5.41, 5.74) is 2.19. The lowest BCUT2D eigenvalue weighted by Gasteiger charge is -2.16. The van der Waals surface area contributed by atoms with Crippen LogP contribution in [0.1, 0.15) is 22.8 Å². The fourth-order valence-electron chi connectivity index (χ4n) is 1.52. The number of nitrogens with two attached hydrogens (primary N) is 1. The molecule has 3 N–H and O–H groups in total. The molecule has 0 aromatic heterocycles. The number of carbonyl (C=O) groups is 3. The van der Waals surface area contributed by atoms with Crippen LogP contribution in [0.4, 0.5) is 18.9 Å². The first-order chi connectivity index (χ1) is 10.1. The number of esters is 1. The third-order valence-electron chi connectivity index (χ3n) is 2.37. The van der Waals surface area contributed by atoms with Gasteiger partial charge >= 0.3 is 18.1 Å². The molecule has 120 valence electrons. The number of halogens is 4. The van der Waals surface area contributed by atoms with Crippen LogP contribution in [0.5, 0.6) is 0 Å². The summed E-state index contributed by atoms with van der Waals surface area (Å²) in [5, 5.41) is 1.72. The lowest BCUT2D eigenvalue weighted by Crippen LogP contribution is -2.28. The maximum absolute atomic E-state index is 13.0. The molecule has 2 amide bonds. The second-order valence-electron chi connectivity index (χ2n) is 3.91. The summed E-state index contributed by atoms with van der Waals surface area (Å²) in [7, 11) is 0. The number of primary amides is 1. The summed E-state index contributed by atoms with van der Waals surface area (Å²) in [5.74, 6) is -4.03. The lowest BCUT2D eigenvalue weighted by atomic mass is 10.1. The van der Waals surface area contributed by atoms with E-state index in [1.54, 1.807) is 5.32 Å². The Hall–Kier alpha value is -2.10. The maximum atomic E-state index is 13.0. The van der Waals surface area contributed by atoms with Crippen LogP contribution in [-0.4, -0.2) is 24.4 Å². The van der Waals surface area contributed by atoms with Crippen molar-refractivity contribution in [2.45, 2.75) is 13.1 Å². The van der Waals surface area contributed by atoms with Crippen molar-refractivity contribution in [1.82, 2.24) is 0 Å². The molecule has 0 atom stereocenters. The molecule has 0 spiro atoms. The Morgan fingerprint density at radius 3 is 2.36 bits per heavy atom. The largest absolute Gasteiger partial charge is 0.459 e. The van der Waals surface area contributed by atoms with Gasteiger partial charge in [0, 0.05) is 4.47 Å². The van der Waals surface area contributed by atoms with Crippen molar-refractivity contribution in [3.63, 3.8) is 0 Å². The Kier molecular flexibility index (Phi) is 5.53. The zero-order valence-corrected chi connectivity index (χ0v) is 12.7. The average molecular weight is 383 g/mol. The molecule has 0 unspecified atom stereocenters. The molecule has 0 fully saturated rings. The van der Waals surface area contributed by atoms with Gasteiger partial charge in [0.15, 0.2) is 0 Å². The quantitative estimate of drug-likeness (QED) is 0.617. The second-order valence-corrected chi connectivity index (χ2v) is 4.83. The maximum Gasteiger partial charge on any atom is 0.418 e. The number of ether oxygens (including phenoxy) is 1. The van der Waals surface area contributed by atoms with Gasteiger partial charge in [-0.15, -0.1) is 0 Å². The highest BCUT2D eigenvalue weighted by molar-refractivity contribution is 9.10. The van der Waals surface area contributed by atoms with Gasteiger partial charge in [0.05, 0.1) is 23.4 Å². The molecule has 10 heteroatoms. The minimum Gasteiger partial charge on any atom is -0.459 e. The van der Waals surface area contributed by atoms with Crippen molar-refractivity contribution >= 4 is 39.4 Å². The molecule has 0 heterocycles. The number of alkyl halides is 3. The topological polar surface area (TPSA) is 98.5 Å². The molecule has 0 aliphatic rings. The van der Waals surface area contributed by atoms with Crippen LogP contribution in [0.2, 0.25) is 0 Å². The van der Waals surface area contributed by atoms with E-state index in [1.807, 2.05) is 0 Å². The molecule has 0 aliphatic carbocycles. The third-order valence-corrected chi connectivity index (χ3v) is 2.83. The summed E-state index contributed by atoms with van der Waals surface area (Å²) >= 11 is 2.82. The Balaban J connectivity index is 3.40. The van der Waals surface area contributed by atoms with Gasteiger partial charge in [-0.3, -0.25) is 9.59 Å². The average Bonchev–Trinajstić information content (AvgIpc) is 2.38. The Morgan fingerprint density at radius 2 is 1.91 bits per heavy atom. The Bertz CT molecular complexity index is 632. The number of benzene rings is 1. The van der Waals surface area contributed by atoms with E-state index in [0.717, 1.165) is 6.07 Å². The van der Waals surface area contributed by atoms with E-state index in [0.29, 0.717) is 6.07 Å². The number of amides is 2. The number of hydrogen-bond acceptors (Lipinski definition) is 4. The van der Waals surface area contributed by atoms with E-state index in [1.165, 1.54) is 6.92 Å². The predicted octanol–water partition coefficient (Wildman–Crippen LogP) is 2.07. The SMILES string of the molecule is CCOC(=O)C(=O)Nc1c(C(N)=O)cc(Br)cc1C(F)(F)F. The summed E-state index contributed by atoms with van der Waals surface area (Å²) in [6, 6.07) is 1.64. The highest BCUT2D eigenvalue weighted by Crippen LogP contribution is 2.38. The number of carbonyl (C=O) groups excluding carboxylic acids is 3. The standard InChI is InChI=1S/C12H10BrF3N2O4/c1-2-22-11(21)10(20)18-8-6(9(17)19)3-5(13)4-7(8)12(14,15)16/h3-4H,2H2,1H3,(H2,17,19)(H,18,20). The van der Waals surface area contributed by atoms with E-state index in [9.17, 15) is 27.6 Å². The van der Waals surface area contributed by atoms with Crippen LogP contribution in [0.25, 0.3) is 0 Å². The molecule has 0 aliphatic heterocycles. The van der Waals surface area contributed by atoms with Crippen molar-refractivity contribution in [2.75, 3.05) is 11.9 Å². The first-order valence-electron chi connectivity index (χ1n) is 5.76. The monoisotopic (exact) mass is 382 g/mol. The molecular weight excluding hydrogens is 373 g/mol. The lowest BCUT2D eigenvalue weighted by molar-refractivity contribution is -0.152. The van der Waals surface area contributed by atoms with Gasteiger partial charge in [0.25, 0.3) is 5.91 Å². The van der Waals surface area contributed by atoms with Crippen molar-refractivity contribution in [1.29, 1.82) is 0 Å². The Labute approximate surface area is 130 Å². The molecular formula is C12H10BrF3N2O4. The fourth-order valence-corrected chi connectivity index (χ4v) is 1.98. The summed E-state index contributed by atoms with van der Waals surface area (Å²) in [4.78, 5) is 34.0. The van der Waals surface area contributed by atoms with Gasteiger partial charge in [0.2, 0.25) is 0 Å². The number of rotatable bonds is 3. The second kappa shape index (κ2) is 6.77. The zero-order chi connectivity index (χ0) is 17.1. The fraction of sp³-hybridized carbons (Fsp3) is 0.250. The number of nitrogens with one attached hydrogen (secondary N) is 1. The highest BCUT2D eigenvalue weighted by atomic mass is 79.9. The minimum absolute atomic E-state index is 0.0669. The van der Waals surface area contributed by atoms with Crippen LogP contribution in [0.3, 0.4) is 0 Å². The van der Waals surface area contributed by atoms with Crippen LogP contribution in [0.15, 0.2) is 16.6 Å². The van der Waals surface area contributed by atoms with Gasteiger partial charge < -0.3 is 15.8 Å². The van der Waals surface area contributed by atoms with E-state index in [2.05, 4.69) is 20.7 Å². The highest BCUT2D eigenvalue weighted by Gasteiger charge is 2.37. The summed E-state index contributed by atoms with van der Waals surface area (Å²) in [6.07, 6.45) is -4.88. The molecule has 0 bridgehead atoms. The van der Waals surface area contributed by atoms with Crippen LogP contribution >= 0.6 is 15.9 Å². The van der Waals surface area contributed by atoms with Gasteiger partial charge in [0.1, 0.15) is 0 Å². The number of hydrogen-bond donors (Lipinski definition) is 2. The van der Waals surface area contributed by atoms with Crippen LogP contribution in [0, 0.1) is 0 Å². The van der Waals surface area contributed by atoms with Crippen molar-refractivity contribution < 1.29 is 32.3 Å². The van der Waals surface area contributed by atoms with E-state index in [-0.39, 0.29) is 11.1 Å². The van der Waals surface area contributed by atoms with Crippen LogP contribution < -0.4 is 11.1 Å². The van der Waals surface area contributed by atoms with Crippen molar-refractivity contribution in [3.05, 3.63) is 27.7 Å². The first kappa shape index (κ1) is 18.0. The molecule has 1 aromatic carbocycles. The normalized spacial score (nSPS) is 11.0. The summed E-state index contributed by atoms with van der Waals surface area (Å²) < 4.78 is 43.4. The van der Waals surface area contributed by atoms with Crippen LogP contribution in [-0.2, 0) is 20.5 Å². The van der Waals surface area contributed by atoms with E-state index in [4.69, 9.17) is 5.73 Å². The molecule has 0 saturated carbocycles. The van der Waals surface area contributed by atoms with Crippen molar-refractivity contribution in [2.24, 2.45) is 5.73 Å². The van der Waals surface area contributed by atoms with Gasteiger partial charge in [-0.2, -0.15) is 13.2 Å². The van der Waals surface area contributed by atoms with Gasteiger partial charge in [-0.05, 0) is 19.1 Å². The zero-order valence-electron chi connectivity index (χ0n) is 11.1. The Morgan fingerprint density at radius 1 is 1.32 bits per heavy atom. The molecule has 1 aromatic rings. The molecule has 0 saturated heterocycles. The molecule has 22 heavy (non-hydrogen) atoms. The minimum atomic E-state index is -4.88. The first-order valence-corrected chi connectivity index (χ1v) is 6.55. The third kappa shape index (κ3) is 4.20.